The molecule has 0 aliphatic rings. The Kier molecular flexibility index (Phi) is 6.41. The van der Waals surface area contributed by atoms with Crippen molar-refractivity contribution in [3.8, 4) is 17.1 Å². The molecule has 0 aliphatic carbocycles. The Hall–Kier alpha value is -3.88. The summed E-state index contributed by atoms with van der Waals surface area (Å²) in [5.41, 5.74) is 1.90. The molecule has 0 radical (unpaired) electrons. The third kappa shape index (κ3) is 5.55. The second kappa shape index (κ2) is 9.36. The van der Waals surface area contributed by atoms with Gasteiger partial charge in [-0.1, -0.05) is 18.2 Å². The molecule has 0 saturated heterocycles. The minimum Gasteiger partial charge on any atom is -0.497 e. The van der Waals surface area contributed by atoms with Gasteiger partial charge in [0.05, 0.1) is 7.11 Å². The number of nitrogens with zero attached hydrogens (tertiary/aromatic N) is 2. The van der Waals surface area contributed by atoms with Crippen LogP contribution in [0.25, 0.3) is 11.4 Å². The van der Waals surface area contributed by atoms with E-state index in [1.165, 1.54) is 0 Å². The lowest BCUT2D eigenvalue weighted by atomic mass is 10.2. The summed E-state index contributed by atoms with van der Waals surface area (Å²) in [6.45, 7) is 2.39. The Morgan fingerprint density at radius 3 is 2.62 bits per heavy atom. The van der Waals surface area contributed by atoms with Crippen LogP contribution in [0, 0.1) is 6.92 Å². The Morgan fingerprint density at radius 2 is 1.86 bits per heavy atom. The van der Waals surface area contributed by atoms with E-state index in [-0.39, 0.29) is 18.5 Å². The van der Waals surface area contributed by atoms with E-state index < -0.39 is 0 Å². The molecule has 0 bridgehead atoms. The molecule has 150 valence electrons. The smallest absolute Gasteiger partial charge is 0.319 e. The number of H-pyrrole nitrogens is 1. The fourth-order valence-corrected chi connectivity index (χ4v) is 2.60. The number of aromatic nitrogens is 3. The molecule has 0 aliphatic heterocycles. The van der Waals surface area contributed by atoms with E-state index in [1.54, 1.807) is 43.5 Å². The van der Waals surface area contributed by atoms with Crippen LogP contribution in [0.1, 0.15) is 16.2 Å². The zero-order valence-electron chi connectivity index (χ0n) is 16.2. The van der Waals surface area contributed by atoms with Crippen LogP contribution in [0.4, 0.5) is 10.5 Å². The van der Waals surface area contributed by atoms with Crippen molar-refractivity contribution in [2.24, 2.45) is 0 Å². The molecule has 0 fully saturated rings. The van der Waals surface area contributed by atoms with Crippen LogP contribution in [0.3, 0.4) is 0 Å². The van der Waals surface area contributed by atoms with Crippen molar-refractivity contribution in [2.75, 3.05) is 25.5 Å². The Labute approximate surface area is 167 Å². The van der Waals surface area contributed by atoms with Crippen molar-refractivity contribution in [1.29, 1.82) is 0 Å². The van der Waals surface area contributed by atoms with E-state index >= 15 is 0 Å². The molecule has 3 amide bonds. The maximum absolute atomic E-state index is 12.1. The predicted molar refractivity (Wildman–Crippen MR) is 109 cm³/mol. The number of hydrogen-bond donors (Lipinski definition) is 4. The lowest BCUT2D eigenvalue weighted by molar-refractivity contribution is 0.0953. The van der Waals surface area contributed by atoms with Crippen molar-refractivity contribution in [3.63, 3.8) is 0 Å². The second-order valence-electron chi connectivity index (χ2n) is 6.19. The van der Waals surface area contributed by atoms with Gasteiger partial charge in [-0.3, -0.25) is 9.89 Å². The minimum absolute atomic E-state index is 0.236. The van der Waals surface area contributed by atoms with E-state index in [4.69, 9.17) is 4.74 Å². The van der Waals surface area contributed by atoms with Crippen LogP contribution in [-0.2, 0) is 0 Å². The van der Waals surface area contributed by atoms with Crippen molar-refractivity contribution in [3.05, 3.63) is 59.9 Å². The summed E-state index contributed by atoms with van der Waals surface area (Å²) in [6, 6.07) is 13.7. The first-order valence-electron chi connectivity index (χ1n) is 9.01. The Balaban J connectivity index is 1.45. The number of anilines is 1. The highest BCUT2D eigenvalue weighted by molar-refractivity contribution is 5.94. The summed E-state index contributed by atoms with van der Waals surface area (Å²) >= 11 is 0. The fraction of sp³-hybridized carbons (Fsp3) is 0.200. The first-order chi connectivity index (χ1) is 14.0. The summed E-state index contributed by atoms with van der Waals surface area (Å²) in [7, 11) is 1.54. The number of amides is 3. The molecular weight excluding hydrogens is 372 g/mol. The SMILES string of the molecule is COc1cccc(C(=O)NCCNC(=O)Nc2cccc(-c3n[nH]c(C)n3)c2)c1. The van der Waals surface area contributed by atoms with E-state index in [2.05, 4.69) is 31.1 Å². The molecule has 0 saturated carbocycles. The van der Waals surface area contributed by atoms with E-state index in [1.807, 2.05) is 19.1 Å². The molecule has 9 nitrogen and oxygen atoms in total. The van der Waals surface area contributed by atoms with E-state index in [0.717, 1.165) is 5.56 Å². The molecule has 3 rings (SSSR count). The standard InChI is InChI=1S/C20H22N6O3/c1-13-23-18(26-25-13)14-5-3-7-16(11-14)24-20(28)22-10-9-21-19(27)15-6-4-8-17(12-15)29-2/h3-8,11-12H,9-10H2,1-2H3,(H,21,27)(H2,22,24,28)(H,23,25,26). The van der Waals surface area contributed by atoms with Crippen LogP contribution in [0.5, 0.6) is 5.75 Å². The number of hydrogen-bond acceptors (Lipinski definition) is 5. The Bertz CT molecular complexity index is 1000. The number of aromatic amines is 1. The molecule has 1 aromatic heterocycles. The zero-order valence-corrected chi connectivity index (χ0v) is 16.2. The van der Waals surface area contributed by atoms with Crippen LogP contribution in [0.15, 0.2) is 48.5 Å². The first-order valence-corrected chi connectivity index (χ1v) is 9.01. The maximum atomic E-state index is 12.1. The van der Waals surface area contributed by atoms with Gasteiger partial charge in [0.25, 0.3) is 5.91 Å². The number of rotatable bonds is 7. The molecule has 9 heteroatoms. The van der Waals surface area contributed by atoms with Gasteiger partial charge < -0.3 is 20.7 Å². The quantitative estimate of drug-likeness (QED) is 0.458. The van der Waals surface area contributed by atoms with Crippen LogP contribution >= 0.6 is 0 Å². The largest absolute Gasteiger partial charge is 0.497 e. The van der Waals surface area contributed by atoms with Crippen LogP contribution < -0.4 is 20.7 Å². The van der Waals surface area contributed by atoms with Gasteiger partial charge in [0.1, 0.15) is 11.6 Å². The number of carbonyl (C=O) groups is 2. The number of ether oxygens (including phenoxy) is 1. The number of methoxy groups -OCH3 is 1. The van der Waals surface area contributed by atoms with Gasteiger partial charge in [-0.2, -0.15) is 5.10 Å². The van der Waals surface area contributed by atoms with Gasteiger partial charge in [-0.15, -0.1) is 0 Å². The minimum atomic E-state index is -0.371. The van der Waals surface area contributed by atoms with Crippen molar-refractivity contribution < 1.29 is 14.3 Å². The van der Waals surface area contributed by atoms with Crippen LogP contribution in [0.2, 0.25) is 0 Å². The highest BCUT2D eigenvalue weighted by Crippen LogP contribution is 2.19. The summed E-state index contributed by atoms with van der Waals surface area (Å²) in [5.74, 6) is 1.65. The number of aryl methyl sites for hydroxylation is 1. The fourth-order valence-electron chi connectivity index (χ4n) is 2.60. The Morgan fingerprint density at radius 1 is 1.07 bits per heavy atom. The summed E-state index contributed by atoms with van der Waals surface area (Å²) in [6.07, 6.45) is 0. The van der Waals surface area contributed by atoms with Gasteiger partial charge in [0.2, 0.25) is 0 Å². The third-order valence-corrected chi connectivity index (χ3v) is 4.00. The molecule has 4 N–H and O–H groups in total. The third-order valence-electron chi connectivity index (χ3n) is 4.00. The van der Waals surface area contributed by atoms with Crippen LogP contribution in [-0.4, -0.2) is 47.3 Å². The summed E-state index contributed by atoms with van der Waals surface area (Å²) in [5, 5.41) is 15.1. The molecule has 1 heterocycles. The topological polar surface area (TPSA) is 121 Å². The molecule has 2 aromatic carbocycles. The van der Waals surface area contributed by atoms with E-state index in [0.29, 0.717) is 35.2 Å². The van der Waals surface area contributed by atoms with E-state index in [9.17, 15) is 9.59 Å². The molecule has 0 atom stereocenters. The number of benzene rings is 2. The monoisotopic (exact) mass is 394 g/mol. The summed E-state index contributed by atoms with van der Waals surface area (Å²) in [4.78, 5) is 28.5. The number of carbonyl (C=O) groups excluding carboxylic acids is 2. The molecule has 3 aromatic rings. The predicted octanol–water partition coefficient (Wildman–Crippen LogP) is 2.34. The molecule has 29 heavy (non-hydrogen) atoms. The maximum Gasteiger partial charge on any atom is 0.319 e. The highest BCUT2D eigenvalue weighted by Gasteiger charge is 2.08. The lowest BCUT2D eigenvalue weighted by Gasteiger charge is -2.10. The van der Waals surface area contributed by atoms with Gasteiger partial charge >= 0.3 is 6.03 Å². The average molecular weight is 394 g/mol. The molecule has 0 spiro atoms. The highest BCUT2D eigenvalue weighted by atomic mass is 16.5. The lowest BCUT2D eigenvalue weighted by Crippen LogP contribution is -2.36. The van der Waals surface area contributed by atoms with Crippen molar-refractivity contribution in [2.45, 2.75) is 6.92 Å². The summed E-state index contributed by atoms with van der Waals surface area (Å²) < 4.78 is 5.10. The first kappa shape index (κ1) is 19.9. The molecular formula is C20H22N6O3. The van der Waals surface area contributed by atoms with Gasteiger partial charge in [0.15, 0.2) is 5.82 Å². The van der Waals surface area contributed by atoms with Gasteiger partial charge in [0, 0.05) is 29.9 Å². The van der Waals surface area contributed by atoms with Gasteiger partial charge in [-0.25, -0.2) is 9.78 Å². The van der Waals surface area contributed by atoms with Crippen molar-refractivity contribution >= 4 is 17.6 Å². The average Bonchev–Trinajstić information content (AvgIpc) is 3.17. The zero-order chi connectivity index (χ0) is 20.6. The normalized spacial score (nSPS) is 10.3. The van der Waals surface area contributed by atoms with Crippen molar-refractivity contribution in [1.82, 2.24) is 25.8 Å². The number of nitrogens with one attached hydrogen (secondary N) is 4. The van der Waals surface area contributed by atoms with Gasteiger partial charge in [-0.05, 0) is 37.3 Å². The molecule has 0 unspecified atom stereocenters. The second-order valence-corrected chi connectivity index (χ2v) is 6.19. The number of urea groups is 1.